The average molecular weight is 271 g/mol. The van der Waals surface area contributed by atoms with E-state index in [1.165, 1.54) is 17.5 Å². The van der Waals surface area contributed by atoms with Crippen LogP contribution in [0.3, 0.4) is 0 Å². The highest BCUT2D eigenvalue weighted by atomic mass is 79.9. The molecule has 0 saturated heterocycles. The fourth-order valence-corrected chi connectivity index (χ4v) is 2.27. The SMILES string of the molecule is CCCCOc1c(Br)cc(C)cc1CC. The largest absolute Gasteiger partial charge is 0.492 e. The summed E-state index contributed by atoms with van der Waals surface area (Å²) in [5, 5.41) is 0. The van der Waals surface area contributed by atoms with Crippen LogP contribution in [0.25, 0.3) is 0 Å². The van der Waals surface area contributed by atoms with Gasteiger partial charge in [-0.15, -0.1) is 0 Å². The van der Waals surface area contributed by atoms with Gasteiger partial charge >= 0.3 is 0 Å². The molecule has 0 saturated carbocycles. The molecule has 0 radical (unpaired) electrons. The molecule has 0 aliphatic carbocycles. The van der Waals surface area contributed by atoms with Crippen molar-refractivity contribution >= 4 is 15.9 Å². The summed E-state index contributed by atoms with van der Waals surface area (Å²) in [5.41, 5.74) is 2.57. The second-order valence-corrected chi connectivity index (χ2v) is 4.64. The Morgan fingerprint density at radius 3 is 2.60 bits per heavy atom. The van der Waals surface area contributed by atoms with Crippen LogP contribution in [0.1, 0.15) is 37.8 Å². The van der Waals surface area contributed by atoms with Crippen molar-refractivity contribution in [3.63, 3.8) is 0 Å². The monoisotopic (exact) mass is 270 g/mol. The Morgan fingerprint density at radius 1 is 1.27 bits per heavy atom. The first-order valence-electron chi connectivity index (χ1n) is 5.60. The van der Waals surface area contributed by atoms with Gasteiger partial charge in [0.1, 0.15) is 5.75 Å². The standard InChI is InChI=1S/C13H19BrO/c1-4-6-7-15-13-11(5-2)8-10(3)9-12(13)14/h8-9H,4-7H2,1-3H3. The minimum atomic E-state index is 0.811. The molecule has 0 heterocycles. The summed E-state index contributed by atoms with van der Waals surface area (Å²) in [6.45, 7) is 7.26. The van der Waals surface area contributed by atoms with Crippen LogP contribution in [0.4, 0.5) is 0 Å². The van der Waals surface area contributed by atoms with Gasteiger partial charge in [0.25, 0.3) is 0 Å². The predicted molar refractivity (Wildman–Crippen MR) is 68.7 cm³/mol. The van der Waals surface area contributed by atoms with Gasteiger partial charge in [0.15, 0.2) is 0 Å². The molecule has 15 heavy (non-hydrogen) atoms. The second kappa shape index (κ2) is 6.16. The van der Waals surface area contributed by atoms with E-state index in [0.717, 1.165) is 29.7 Å². The van der Waals surface area contributed by atoms with Crippen molar-refractivity contribution in [2.24, 2.45) is 0 Å². The van der Waals surface area contributed by atoms with E-state index in [0.29, 0.717) is 0 Å². The number of hydrogen-bond acceptors (Lipinski definition) is 1. The first-order valence-corrected chi connectivity index (χ1v) is 6.40. The van der Waals surface area contributed by atoms with Crippen LogP contribution in [-0.4, -0.2) is 6.61 Å². The summed E-state index contributed by atoms with van der Waals surface area (Å²) in [5.74, 6) is 1.02. The lowest BCUT2D eigenvalue weighted by Gasteiger charge is -2.13. The van der Waals surface area contributed by atoms with Gasteiger partial charge in [0, 0.05) is 0 Å². The summed E-state index contributed by atoms with van der Waals surface area (Å²) in [4.78, 5) is 0. The molecule has 0 aliphatic heterocycles. The smallest absolute Gasteiger partial charge is 0.136 e. The van der Waals surface area contributed by atoms with E-state index >= 15 is 0 Å². The van der Waals surface area contributed by atoms with Gasteiger partial charge in [-0.05, 0) is 52.9 Å². The lowest BCUT2D eigenvalue weighted by atomic mass is 10.1. The van der Waals surface area contributed by atoms with Crippen LogP contribution in [0.2, 0.25) is 0 Å². The van der Waals surface area contributed by atoms with E-state index < -0.39 is 0 Å². The molecule has 0 aliphatic rings. The molecule has 84 valence electrons. The first kappa shape index (κ1) is 12.6. The summed E-state index contributed by atoms with van der Waals surface area (Å²) in [6.07, 6.45) is 3.30. The van der Waals surface area contributed by atoms with Gasteiger partial charge in [-0.2, -0.15) is 0 Å². The van der Waals surface area contributed by atoms with E-state index in [4.69, 9.17) is 4.74 Å². The van der Waals surface area contributed by atoms with Gasteiger partial charge in [0.2, 0.25) is 0 Å². The molecule has 0 spiro atoms. The molecule has 0 unspecified atom stereocenters. The third-order valence-corrected chi connectivity index (χ3v) is 2.98. The first-order chi connectivity index (χ1) is 7.19. The molecule has 1 aromatic rings. The van der Waals surface area contributed by atoms with Crippen molar-refractivity contribution in [2.45, 2.75) is 40.0 Å². The van der Waals surface area contributed by atoms with Gasteiger partial charge in [0.05, 0.1) is 11.1 Å². The number of rotatable bonds is 5. The van der Waals surface area contributed by atoms with Gasteiger partial charge < -0.3 is 4.74 Å². The second-order valence-electron chi connectivity index (χ2n) is 3.79. The topological polar surface area (TPSA) is 9.23 Å². The fraction of sp³-hybridized carbons (Fsp3) is 0.538. The number of aryl methyl sites for hydroxylation is 2. The molecule has 1 nitrogen and oxygen atoms in total. The van der Waals surface area contributed by atoms with Crippen LogP contribution in [-0.2, 0) is 6.42 Å². The number of hydrogen-bond donors (Lipinski definition) is 0. The van der Waals surface area contributed by atoms with Crippen molar-refractivity contribution in [1.82, 2.24) is 0 Å². The van der Waals surface area contributed by atoms with Crippen molar-refractivity contribution in [2.75, 3.05) is 6.61 Å². The summed E-state index contributed by atoms with van der Waals surface area (Å²) in [7, 11) is 0. The van der Waals surface area contributed by atoms with Crippen LogP contribution in [0, 0.1) is 6.92 Å². The minimum absolute atomic E-state index is 0.811. The lowest BCUT2D eigenvalue weighted by Crippen LogP contribution is -2.00. The average Bonchev–Trinajstić information content (AvgIpc) is 2.20. The zero-order chi connectivity index (χ0) is 11.3. The maximum Gasteiger partial charge on any atom is 0.136 e. The van der Waals surface area contributed by atoms with E-state index in [1.807, 2.05) is 0 Å². The van der Waals surface area contributed by atoms with E-state index in [9.17, 15) is 0 Å². The van der Waals surface area contributed by atoms with E-state index in [2.05, 4.69) is 48.8 Å². The third kappa shape index (κ3) is 3.53. The maximum atomic E-state index is 5.81. The van der Waals surface area contributed by atoms with Crippen LogP contribution >= 0.6 is 15.9 Å². The normalized spacial score (nSPS) is 10.4. The van der Waals surface area contributed by atoms with Crippen molar-refractivity contribution in [3.8, 4) is 5.75 Å². The minimum Gasteiger partial charge on any atom is -0.492 e. The Kier molecular flexibility index (Phi) is 5.16. The quantitative estimate of drug-likeness (QED) is 0.716. The molecule has 1 aromatic carbocycles. The van der Waals surface area contributed by atoms with Gasteiger partial charge in [-0.25, -0.2) is 0 Å². The molecular weight excluding hydrogens is 252 g/mol. The molecular formula is C13H19BrO. The van der Waals surface area contributed by atoms with E-state index in [1.54, 1.807) is 0 Å². The molecule has 0 aromatic heterocycles. The molecule has 0 amide bonds. The zero-order valence-electron chi connectivity index (χ0n) is 9.77. The molecule has 0 fully saturated rings. The predicted octanol–water partition coefficient (Wildman–Crippen LogP) is 4.50. The number of ether oxygens (including phenoxy) is 1. The Labute approximate surface area is 101 Å². The highest BCUT2D eigenvalue weighted by Gasteiger charge is 2.07. The fourth-order valence-electron chi connectivity index (χ4n) is 1.54. The van der Waals surface area contributed by atoms with Crippen molar-refractivity contribution in [1.29, 1.82) is 0 Å². The van der Waals surface area contributed by atoms with Crippen LogP contribution < -0.4 is 4.74 Å². The summed E-state index contributed by atoms with van der Waals surface area (Å²) in [6, 6.07) is 4.31. The highest BCUT2D eigenvalue weighted by molar-refractivity contribution is 9.10. The summed E-state index contributed by atoms with van der Waals surface area (Å²) >= 11 is 3.57. The molecule has 2 heteroatoms. The lowest BCUT2D eigenvalue weighted by molar-refractivity contribution is 0.304. The van der Waals surface area contributed by atoms with E-state index in [-0.39, 0.29) is 0 Å². The number of unbranched alkanes of at least 4 members (excludes halogenated alkanes) is 1. The third-order valence-electron chi connectivity index (χ3n) is 2.39. The highest BCUT2D eigenvalue weighted by Crippen LogP contribution is 2.31. The van der Waals surface area contributed by atoms with Crippen LogP contribution in [0.5, 0.6) is 5.75 Å². The van der Waals surface area contributed by atoms with Crippen LogP contribution in [0.15, 0.2) is 16.6 Å². The Hall–Kier alpha value is -0.500. The summed E-state index contributed by atoms with van der Waals surface area (Å²) < 4.78 is 6.89. The Bertz CT molecular complexity index is 321. The van der Waals surface area contributed by atoms with Gasteiger partial charge in [-0.1, -0.05) is 26.3 Å². The van der Waals surface area contributed by atoms with Crippen molar-refractivity contribution < 1.29 is 4.74 Å². The Morgan fingerprint density at radius 2 is 2.00 bits per heavy atom. The molecule has 0 atom stereocenters. The number of halogens is 1. The zero-order valence-corrected chi connectivity index (χ0v) is 11.4. The maximum absolute atomic E-state index is 5.81. The van der Waals surface area contributed by atoms with Crippen molar-refractivity contribution in [3.05, 3.63) is 27.7 Å². The Balaban J connectivity index is 2.84. The molecule has 1 rings (SSSR count). The number of benzene rings is 1. The molecule has 0 N–H and O–H groups in total. The molecule has 0 bridgehead atoms. The van der Waals surface area contributed by atoms with Gasteiger partial charge in [-0.3, -0.25) is 0 Å².